The zero-order valence-electron chi connectivity index (χ0n) is 17.6. The van der Waals surface area contributed by atoms with Crippen LogP contribution < -0.4 is 16.0 Å². The molecular formula is C21H36N4O3. The molecule has 0 saturated carbocycles. The lowest BCUT2D eigenvalue weighted by atomic mass is 9.92. The van der Waals surface area contributed by atoms with Gasteiger partial charge in [-0.1, -0.05) is 44.2 Å². The van der Waals surface area contributed by atoms with Gasteiger partial charge in [-0.15, -0.1) is 0 Å². The number of carbonyl (C=O) groups excluding carboxylic acids is 1. The van der Waals surface area contributed by atoms with Gasteiger partial charge in [-0.25, -0.2) is 0 Å². The number of hydrogen-bond acceptors (Lipinski definition) is 6. The van der Waals surface area contributed by atoms with Crippen molar-refractivity contribution in [2.24, 2.45) is 5.41 Å². The van der Waals surface area contributed by atoms with Gasteiger partial charge in [0.05, 0.1) is 25.5 Å². The minimum Gasteiger partial charge on any atom is -0.390 e. The Kier molecular flexibility index (Phi) is 8.85. The topological polar surface area (TPSA) is 85.9 Å². The molecule has 4 N–H and O–H groups in total. The Bertz CT molecular complexity index is 589. The molecule has 0 spiro atoms. The minimum absolute atomic E-state index is 0.0898. The molecule has 3 atom stereocenters. The van der Waals surface area contributed by atoms with Crippen LogP contribution in [0.1, 0.15) is 19.4 Å². The number of rotatable bonds is 11. The molecule has 2 rings (SSSR count). The van der Waals surface area contributed by atoms with E-state index in [0.717, 1.165) is 18.7 Å². The van der Waals surface area contributed by atoms with Crippen molar-refractivity contribution in [3.8, 4) is 0 Å². The van der Waals surface area contributed by atoms with E-state index in [0.29, 0.717) is 26.3 Å². The van der Waals surface area contributed by atoms with Gasteiger partial charge in [-0.3, -0.25) is 10.1 Å². The van der Waals surface area contributed by atoms with Gasteiger partial charge in [0.15, 0.2) is 0 Å². The molecular weight excluding hydrogens is 356 g/mol. The highest BCUT2D eigenvalue weighted by atomic mass is 16.5. The summed E-state index contributed by atoms with van der Waals surface area (Å²) >= 11 is 0. The predicted octanol–water partition coefficient (Wildman–Crippen LogP) is 0.198. The minimum atomic E-state index is -0.693. The molecule has 1 aromatic carbocycles. The van der Waals surface area contributed by atoms with Crippen LogP contribution in [-0.2, 0) is 16.0 Å². The van der Waals surface area contributed by atoms with Gasteiger partial charge < -0.3 is 25.4 Å². The zero-order chi connectivity index (χ0) is 20.6. The molecule has 28 heavy (non-hydrogen) atoms. The van der Waals surface area contributed by atoms with Gasteiger partial charge in [-0.05, 0) is 31.5 Å². The number of aliphatic hydroxyl groups is 1. The Morgan fingerprint density at radius 3 is 2.68 bits per heavy atom. The monoisotopic (exact) mass is 392 g/mol. The first-order valence-electron chi connectivity index (χ1n) is 9.96. The van der Waals surface area contributed by atoms with Crippen molar-refractivity contribution in [2.75, 3.05) is 47.1 Å². The van der Waals surface area contributed by atoms with Crippen LogP contribution in [0, 0.1) is 5.41 Å². The fourth-order valence-corrected chi connectivity index (χ4v) is 3.61. The Labute approximate surface area is 168 Å². The number of ether oxygens (including phenoxy) is 1. The summed E-state index contributed by atoms with van der Waals surface area (Å²) in [4.78, 5) is 14.7. The van der Waals surface area contributed by atoms with Crippen molar-refractivity contribution < 1.29 is 14.6 Å². The maximum atomic E-state index is 12.5. The molecule has 1 saturated heterocycles. The third kappa shape index (κ3) is 7.85. The second-order valence-electron chi connectivity index (χ2n) is 8.68. The molecule has 1 fully saturated rings. The zero-order valence-corrected chi connectivity index (χ0v) is 17.6. The molecule has 1 aromatic rings. The third-order valence-corrected chi connectivity index (χ3v) is 4.82. The van der Waals surface area contributed by atoms with Crippen LogP contribution in [0.2, 0.25) is 0 Å². The van der Waals surface area contributed by atoms with Crippen molar-refractivity contribution >= 4 is 5.91 Å². The van der Waals surface area contributed by atoms with E-state index in [1.54, 1.807) is 0 Å². The van der Waals surface area contributed by atoms with E-state index in [9.17, 15) is 9.90 Å². The maximum absolute atomic E-state index is 12.5. The van der Waals surface area contributed by atoms with E-state index in [1.165, 1.54) is 0 Å². The number of hydrogen-bond donors (Lipinski definition) is 4. The van der Waals surface area contributed by atoms with E-state index in [2.05, 4.69) is 48.8 Å². The SMILES string of the molecule is CN(C)CC(C)(C)CNC[C@@H](O)[C@H](Cc1ccccc1)NC(=O)[C@H]1COCN1. The summed E-state index contributed by atoms with van der Waals surface area (Å²) in [5.41, 5.74) is 1.17. The molecule has 158 valence electrons. The Morgan fingerprint density at radius 1 is 1.36 bits per heavy atom. The van der Waals surface area contributed by atoms with Gasteiger partial charge in [0.1, 0.15) is 6.04 Å². The first kappa shape index (κ1) is 22.8. The maximum Gasteiger partial charge on any atom is 0.239 e. The lowest BCUT2D eigenvalue weighted by Crippen LogP contribution is -2.54. The molecule has 0 aliphatic carbocycles. The van der Waals surface area contributed by atoms with Gasteiger partial charge in [0.2, 0.25) is 5.91 Å². The summed E-state index contributed by atoms with van der Waals surface area (Å²) in [6.07, 6.45) is -0.119. The van der Waals surface area contributed by atoms with Crippen LogP contribution in [0.3, 0.4) is 0 Å². The normalized spacial score (nSPS) is 19.6. The highest BCUT2D eigenvalue weighted by Crippen LogP contribution is 2.14. The molecule has 0 aromatic heterocycles. The summed E-state index contributed by atoms with van der Waals surface area (Å²) in [6.45, 7) is 7.29. The molecule has 7 nitrogen and oxygen atoms in total. The summed E-state index contributed by atoms with van der Waals surface area (Å²) in [5, 5.41) is 20.2. The number of nitrogens with zero attached hydrogens (tertiary/aromatic N) is 1. The number of nitrogens with one attached hydrogen (secondary N) is 3. The molecule has 1 amide bonds. The van der Waals surface area contributed by atoms with Crippen molar-refractivity contribution in [1.82, 2.24) is 20.9 Å². The summed E-state index contributed by atoms with van der Waals surface area (Å²) in [7, 11) is 4.12. The molecule has 7 heteroatoms. The standard InChI is InChI=1S/C21H36N4O3/c1-21(2,14-25(3)4)13-22-11-19(26)17(10-16-8-6-5-7-9-16)24-20(27)18-12-28-15-23-18/h5-9,17-19,22-23,26H,10-15H2,1-4H3,(H,24,27)/t17-,18+,19+/m0/s1. The van der Waals surface area contributed by atoms with Crippen LogP contribution in [0.5, 0.6) is 0 Å². The van der Waals surface area contributed by atoms with E-state index in [4.69, 9.17) is 4.74 Å². The molecule has 0 bridgehead atoms. The van der Waals surface area contributed by atoms with Crippen LogP contribution in [0.4, 0.5) is 0 Å². The number of amides is 1. The first-order chi connectivity index (χ1) is 13.3. The van der Waals surface area contributed by atoms with Crippen molar-refractivity contribution in [2.45, 2.75) is 38.5 Å². The lowest BCUT2D eigenvalue weighted by molar-refractivity contribution is -0.124. The smallest absolute Gasteiger partial charge is 0.239 e. The second-order valence-corrected chi connectivity index (χ2v) is 8.68. The van der Waals surface area contributed by atoms with E-state index in [1.807, 2.05) is 30.3 Å². The van der Waals surface area contributed by atoms with Crippen LogP contribution >= 0.6 is 0 Å². The first-order valence-corrected chi connectivity index (χ1v) is 9.96. The molecule has 0 unspecified atom stereocenters. The van der Waals surface area contributed by atoms with Crippen molar-refractivity contribution in [1.29, 1.82) is 0 Å². The van der Waals surface area contributed by atoms with E-state index < -0.39 is 6.10 Å². The van der Waals surface area contributed by atoms with Gasteiger partial charge in [0, 0.05) is 19.6 Å². The molecule has 0 radical (unpaired) electrons. The van der Waals surface area contributed by atoms with Crippen LogP contribution in [0.25, 0.3) is 0 Å². The fraction of sp³-hybridized carbons (Fsp3) is 0.667. The van der Waals surface area contributed by atoms with E-state index >= 15 is 0 Å². The Balaban J connectivity index is 1.93. The number of aliphatic hydroxyl groups excluding tert-OH is 1. The number of benzene rings is 1. The van der Waals surface area contributed by atoms with Crippen molar-refractivity contribution in [3.05, 3.63) is 35.9 Å². The van der Waals surface area contributed by atoms with Crippen molar-refractivity contribution in [3.63, 3.8) is 0 Å². The lowest BCUT2D eigenvalue weighted by Gasteiger charge is -2.30. The average molecular weight is 393 g/mol. The summed E-state index contributed by atoms with van der Waals surface area (Å²) in [5.74, 6) is -0.134. The van der Waals surface area contributed by atoms with Crippen LogP contribution in [-0.4, -0.2) is 81.2 Å². The molecule has 1 aliphatic heterocycles. The van der Waals surface area contributed by atoms with Gasteiger partial charge in [0.25, 0.3) is 0 Å². The highest BCUT2D eigenvalue weighted by molar-refractivity contribution is 5.82. The fourth-order valence-electron chi connectivity index (χ4n) is 3.61. The van der Waals surface area contributed by atoms with Gasteiger partial charge >= 0.3 is 0 Å². The number of carbonyl (C=O) groups is 1. The summed E-state index contributed by atoms with van der Waals surface area (Å²) in [6, 6.07) is 9.18. The quantitative estimate of drug-likeness (QED) is 0.430. The predicted molar refractivity (Wildman–Crippen MR) is 111 cm³/mol. The molecule has 1 heterocycles. The molecule has 1 aliphatic rings. The second kappa shape index (κ2) is 10.9. The van der Waals surface area contributed by atoms with E-state index in [-0.39, 0.29) is 23.4 Å². The Morgan fingerprint density at radius 2 is 2.07 bits per heavy atom. The largest absolute Gasteiger partial charge is 0.390 e. The highest BCUT2D eigenvalue weighted by Gasteiger charge is 2.28. The van der Waals surface area contributed by atoms with Gasteiger partial charge in [-0.2, -0.15) is 0 Å². The summed E-state index contributed by atoms with van der Waals surface area (Å²) < 4.78 is 5.22. The Hall–Kier alpha value is -1.51. The third-order valence-electron chi connectivity index (χ3n) is 4.82. The van der Waals surface area contributed by atoms with Crippen LogP contribution in [0.15, 0.2) is 30.3 Å². The average Bonchev–Trinajstić information content (AvgIpc) is 3.15.